The molecule has 74 valence electrons. The molecule has 0 saturated heterocycles. The van der Waals surface area contributed by atoms with Gasteiger partial charge in [0.15, 0.2) is 0 Å². The molecule has 0 saturated carbocycles. The van der Waals surface area contributed by atoms with Crippen molar-refractivity contribution in [1.29, 1.82) is 0 Å². The van der Waals surface area contributed by atoms with E-state index in [0.717, 1.165) is 0 Å². The van der Waals surface area contributed by atoms with Crippen molar-refractivity contribution in [2.45, 2.75) is 18.6 Å². The SMILES string of the molecule is CCn1c(OC)nnc1S(N)(=O)=O. The third-order valence-electron chi connectivity index (χ3n) is 1.44. The third kappa shape index (κ3) is 1.78. The van der Waals surface area contributed by atoms with E-state index in [1.165, 1.54) is 11.7 Å². The lowest BCUT2D eigenvalue weighted by Gasteiger charge is -2.03. The average molecular weight is 206 g/mol. The molecule has 1 rings (SSSR count). The molecule has 0 atom stereocenters. The van der Waals surface area contributed by atoms with E-state index < -0.39 is 10.0 Å². The van der Waals surface area contributed by atoms with Crippen molar-refractivity contribution in [1.82, 2.24) is 14.8 Å². The first-order valence-electron chi connectivity index (χ1n) is 3.50. The second-order valence-corrected chi connectivity index (χ2v) is 3.71. The Kier molecular flexibility index (Phi) is 2.52. The second kappa shape index (κ2) is 3.30. The summed E-state index contributed by atoms with van der Waals surface area (Å²) in [5.41, 5.74) is 0. The number of rotatable bonds is 3. The number of nitrogens with zero attached hydrogens (tertiary/aromatic N) is 3. The first-order valence-corrected chi connectivity index (χ1v) is 5.05. The molecular weight excluding hydrogens is 196 g/mol. The molecule has 0 amide bonds. The molecule has 0 unspecified atom stereocenters. The number of hydrogen-bond donors (Lipinski definition) is 1. The van der Waals surface area contributed by atoms with Crippen LogP contribution in [0.15, 0.2) is 5.16 Å². The Labute approximate surface area is 75.6 Å². The van der Waals surface area contributed by atoms with Gasteiger partial charge in [-0.3, -0.25) is 4.57 Å². The van der Waals surface area contributed by atoms with E-state index in [-0.39, 0.29) is 11.2 Å². The summed E-state index contributed by atoms with van der Waals surface area (Å²) < 4.78 is 27.9. The summed E-state index contributed by atoms with van der Waals surface area (Å²) in [5.74, 6) is 0. The maximum Gasteiger partial charge on any atom is 0.317 e. The Bertz CT molecular complexity index is 396. The Morgan fingerprint density at radius 2 is 2.15 bits per heavy atom. The number of sulfonamides is 1. The van der Waals surface area contributed by atoms with Crippen molar-refractivity contribution in [3.63, 3.8) is 0 Å². The molecule has 0 aliphatic carbocycles. The van der Waals surface area contributed by atoms with Crippen LogP contribution >= 0.6 is 0 Å². The molecule has 1 aromatic heterocycles. The van der Waals surface area contributed by atoms with E-state index in [2.05, 4.69) is 10.2 Å². The minimum Gasteiger partial charge on any atom is -0.467 e. The number of methoxy groups -OCH3 is 1. The van der Waals surface area contributed by atoms with Crippen LogP contribution in [0.3, 0.4) is 0 Å². The molecule has 0 aliphatic rings. The third-order valence-corrected chi connectivity index (χ3v) is 2.25. The predicted octanol–water partition coefficient (Wildman–Crippen LogP) is -1.05. The van der Waals surface area contributed by atoms with Crippen molar-refractivity contribution < 1.29 is 13.2 Å². The molecule has 1 aromatic rings. The zero-order chi connectivity index (χ0) is 10.1. The van der Waals surface area contributed by atoms with Crippen LogP contribution in [-0.4, -0.2) is 30.3 Å². The topological polar surface area (TPSA) is 100 Å². The van der Waals surface area contributed by atoms with Crippen LogP contribution in [-0.2, 0) is 16.6 Å². The molecular formula is C5H10N4O3S. The lowest BCUT2D eigenvalue weighted by atomic mass is 10.7. The van der Waals surface area contributed by atoms with Gasteiger partial charge in [-0.15, -0.1) is 5.10 Å². The molecule has 8 heteroatoms. The first kappa shape index (κ1) is 9.93. The molecule has 0 spiro atoms. The van der Waals surface area contributed by atoms with Crippen molar-refractivity contribution in [3.8, 4) is 6.01 Å². The maximum atomic E-state index is 10.9. The smallest absolute Gasteiger partial charge is 0.317 e. The molecule has 7 nitrogen and oxygen atoms in total. The number of primary sulfonamides is 1. The lowest BCUT2D eigenvalue weighted by molar-refractivity contribution is 0.353. The highest BCUT2D eigenvalue weighted by Crippen LogP contribution is 2.12. The molecule has 0 aromatic carbocycles. The Balaban J connectivity index is 3.32. The van der Waals surface area contributed by atoms with Gasteiger partial charge in [-0.05, 0) is 6.92 Å². The van der Waals surface area contributed by atoms with Gasteiger partial charge in [-0.25, -0.2) is 13.6 Å². The fourth-order valence-corrected chi connectivity index (χ4v) is 1.58. The highest BCUT2D eigenvalue weighted by molar-refractivity contribution is 7.89. The van der Waals surface area contributed by atoms with Gasteiger partial charge in [0.2, 0.25) is 0 Å². The quantitative estimate of drug-likeness (QED) is 0.680. The fraction of sp³-hybridized carbons (Fsp3) is 0.600. The average Bonchev–Trinajstić information content (AvgIpc) is 2.45. The molecule has 0 radical (unpaired) electrons. The lowest BCUT2D eigenvalue weighted by Crippen LogP contribution is -2.18. The number of ether oxygens (including phenoxy) is 1. The largest absolute Gasteiger partial charge is 0.467 e. The highest BCUT2D eigenvalue weighted by atomic mass is 32.2. The number of hydrogen-bond acceptors (Lipinski definition) is 5. The van der Waals surface area contributed by atoms with E-state index in [1.54, 1.807) is 6.92 Å². The summed E-state index contributed by atoms with van der Waals surface area (Å²) in [6.07, 6.45) is 0. The zero-order valence-electron chi connectivity index (χ0n) is 7.26. The summed E-state index contributed by atoms with van der Waals surface area (Å²) >= 11 is 0. The van der Waals surface area contributed by atoms with Crippen LogP contribution < -0.4 is 9.88 Å². The van der Waals surface area contributed by atoms with Crippen LogP contribution in [0.25, 0.3) is 0 Å². The van der Waals surface area contributed by atoms with E-state index in [4.69, 9.17) is 9.88 Å². The highest BCUT2D eigenvalue weighted by Gasteiger charge is 2.20. The summed E-state index contributed by atoms with van der Waals surface area (Å²) in [5, 5.41) is 11.5. The number of aromatic nitrogens is 3. The number of nitrogens with two attached hydrogens (primary N) is 1. The molecule has 0 fully saturated rings. The molecule has 0 bridgehead atoms. The van der Waals surface area contributed by atoms with Crippen LogP contribution in [0.5, 0.6) is 6.01 Å². The van der Waals surface area contributed by atoms with Crippen molar-refractivity contribution in [3.05, 3.63) is 0 Å². The normalized spacial score (nSPS) is 11.6. The summed E-state index contributed by atoms with van der Waals surface area (Å²) in [7, 11) is -2.45. The minimum absolute atomic E-state index is 0.131. The Hall–Kier alpha value is -1.15. The Morgan fingerprint density at radius 3 is 2.54 bits per heavy atom. The molecule has 0 aliphatic heterocycles. The minimum atomic E-state index is -3.83. The standard InChI is InChI=1S/C5H10N4O3S/c1-3-9-4(12-2)7-8-5(9)13(6,10)11/h3H2,1-2H3,(H2,6,10,11). The van der Waals surface area contributed by atoms with Crippen molar-refractivity contribution >= 4 is 10.0 Å². The second-order valence-electron chi connectivity index (χ2n) is 2.26. The predicted molar refractivity (Wildman–Crippen MR) is 43.6 cm³/mol. The van der Waals surface area contributed by atoms with E-state index in [1.807, 2.05) is 0 Å². The van der Waals surface area contributed by atoms with Crippen LogP contribution in [0.4, 0.5) is 0 Å². The maximum absolute atomic E-state index is 10.9. The van der Waals surface area contributed by atoms with Gasteiger partial charge < -0.3 is 4.74 Å². The van der Waals surface area contributed by atoms with E-state index in [0.29, 0.717) is 6.54 Å². The van der Waals surface area contributed by atoms with Gasteiger partial charge >= 0.3 is 6.01 Å². The van der Waals surface area contributed by atoms with Gasteiger partial charge in [-0.2, -0.15) is 0 Å². The summed E-state index contributed by atoms with van der Waals surface area (Å²) in [6.45, 7) is 2.11. The summed E-state index contributed by atoms with van der Waals surface area (Å²) in [4.78, 5) is 0. The van der Waals surface area contributed by atoms with Crippen LogP contribution in [0, 0.1) is 0 Å². The van der Waals surface area contributed by atoms with Gasteiger partial charge in [0.1, 0.15) is 0 Å². The van der Waals surface area contributed by atoms with Crippen molar-refractivity contribution in [2.24, 2.45) is 5.14 Å². The van der Waals surface area contributed by atoms with Gasteiger partial charge in [-0.1, -0.05) is 5.10 Å². The van der Waals surface area contributed by atoms with Crippen LogP contribution in [0.1, 0.15) is 6.92 Å². The fourth-order valence-electron chi connectivity index (χ4n) is 0.907. The van der Waals surface area contributed by atoms with E-state index >= 15 is 0 Å². The summed E-state index contributed by atoms with van der Waals surface area (Å²) in [6, 6.07) is 0.131. The van der Waals surface area contributed by atoms with Gasteiger partial charge in [0.25, 0.3) is 15.2 Å². The van der Waals surface area contributed by atoms with Crippen molar-refractivity contribution in [2.75, 3.05) is 7.11 Å². The van der Waals surface area contributed by atoms with E-state index in [9.17, 15) is 8.42 Å². The zero-order valence-corrected chi connectivity index (χ0v) is 8.08. The molecule has 2 N–H and O–H groups in total. The monoisotopic (exact) mass is 206 g/mol. The van der Waals surface area contributed by atoms with Crippen LogP contribution in [0.2, 0.25) is 0 Å². The van der Waals surface area contributed by atoms with Gasteiger partial charge in [0, 0.05) is 6.54 Å². The van der Waals surface area contributed by atoms with Gasteiger partial charge in [0.05, 0.1) is 7.11 Å². The first-order chi connectivity index (χ1) is 6.00. The molecule has 13 heavy (non-hydrogen) atoms. The Morgan fingerprint density at radius 1 is 1.54 bits per heavy atom. The molecule has 1 heterocycles.